The fraction of sp³-hybridized carbons (Fsp3) is 0.500. The minimum Gasteiger partial charge on any atom is -0.481 e. The van der Waals surface area contributed by atoms with Crippen LogP contribution in [0.2, 0.25) is 0 Å². The quantitative estimate of drug-likeness (QED) is 0.744. The third kappa shape index (κ3) is 5.19. The van der Waals surface area contributed by atoms with E-state index in [1.54, 1.807) is 0 Å². The van der Waals surface area contributed by atoms with Crippen LogP contribution >= 0.6 is 0 Å². The summed E-state index contributed by atoms with van der Waals surface area (Å²) in [6.07, 6.45) is -0.110. The molecular weight excluding hydrogens is 268 g/mol. The van der Waals surface area contributed by atoms with Gasteiger partial charge < -0.3 is 16.2 Å². The van der Waals surface area contributed by atoms with E-state index in [0.29, 0.717) is 0 Å². The minimum atomic E-state index is -0.931. The van der Waals surface area contributed by atoms with Crippen molar-refractivity contribution in [2.24, 2.45) is 11.1 Å². The third-order valence-corrected chi connectivity index (χ3v) is 3.49. The lowest BCUT2D eigenvalue weighted by Gasteiger charge is -2.31. The van der Waals surface area contributed by atoms with Gasteiger partial charge in [0, 0.05) is 12.6 Å². The second-order valence-corrected chi connectivity index (χ2v) is 6.22. The molecule has 0 saturated carbocycles. The van der Waals surface area contributed by atoms with Crippen LogP contribution < -0.4 is 11.1 Å². The maximum absolute atomic E-state index is 12.4. The van der Waals surface area contributed by atoms with Crippen LogP contribution in [0.1, 0.15) is 38.7 Å². The van der Waals surface area contributed by atoms with Gasteiger partial charge in [0.15, 0.2) is 0 Å². The van der Waals surface area contributed by atoms with Gasteiger partial charge in [-0.05, 0) is 11.0 Å². The Kier molecular flexibility index (Phi) is 5.90. The number of aliphatic carboxylic acids is 1. The molecule has 0 aliphatic rings. The van der Waals surface area contributed by atoms with Crippen molar-refractivity contribution in [3.63, 3.8) is 0 Å². The van der Waals surface area contributed by atoms with Crippen LogP contribution in [-0.2, 0) is 9.59 Å². The van der Waals surface area contributed by atoms with Gasteiger partial charge in [0.05, 0.1) is 12.3 Å². The number of carboxylic acids is 1. The summed E-state index contributed by atoms with van der Waals surface area (Å²) in [4.78, 5) is 23.4. The zero-order valence-electron chi connectivity index (χ0n) is 12.8. The molecule has 2 unspecified atom stereocenters. The molecule has 0 aliphatic carbocycles. The maximum atomic E-state index is 12.4. The van der Waals surface area contributed by atoms with Crippen molar-refractivity contribution in [2.75, 3.05) is 6.54 Å². The molecule has 116 valence electrons. The predicted octanol–water partition coefficient (Wildman–Crippen LogP) is 1.73. The fourth-order valence-electron chi connectivity index (χ4n) is 2.10. The molecule has 0 radical (unpaired) electrons. The van der Waals surface area contributed by atoms with Gasteiger partial charge >= 0.3 is 5.97 Å². The molecule has 0 spiro atoms. The molecule has 0 bridgehead atoms. The molecule has 0 aliphatic heterocycles. The van der Waals surface area contributed by atoms with E-state index in [1.165, 1.54) is 0 Å². The summed E-state index contributed by atoms with van der Waals surface area (Å²) in [7, 11) is 0. The number of nitrogens with one attached hydrogen (secondary N) is 1. The Labute approximate surface area is 125 Å². The first-order valence-corrected chi connectivity index (χ1v) is 7.03. The summed E-state index contributed by atoms with van der Waals surface area (Å²) < 4.78 is 0. The Balaban J connectivity index is 2.87. The van der Waals surface area contributed by atoms with Crippen molar-refractivity contribution >= 4 is 11.9 Å². The lowest BCUT2D eigenvalue weighted by Crippen LogP contribution is -2.47. The molecular formula is C16H24N2O3. The Hall–Kier alpha value is -1.88. The predicted molar refractivity (Wildman–Crippen MR) is 81.9 cm³/mol. The SMILES string of the molecule is CC(C)(C)C(CC(=O)O)NC(=O)C(CN)c1ccccc1. The van der Waals surface area contributed by atoms with Crippen molar-refractivity contribution in [2.45, 2.75) is 39.2 Å². The van der Waals surface area contributed by atoms with Crippen molar-refractivity contribution in [3.8, 4) is 0 Å². The Morgan fingerprint density at radius 2 is 1.81 bits per heavy atom. The second-order valence-electron chi connectivity index (χ2n) is 6.22. The summed E-state index contributed by atoms with van der Waals surface area (Å²) in [5, 5.41) is 11.8. The van der Waals surface area contributed by atoms with Gasteiger partial charge in [-0.1, -0.05) is 51.1 Å². The van der Waals surface area contributed by atoms with Crippen LogP contribution in [0.4, 0.5) is 0 Å². The van der Waals surface area contributed by atoms with Gasteiger partial charge in [-0.3, -0.25) is 9.59 Å². The van der Waals surface area contributed by atoms with E-state index >= 15 is 0 Å². The average molecular weight is 292 g/mol. The van der Waals surface area contributed by atoms with Gasteiger partial charge in [-0.25, -0.2) is 0 Å². The van der Waals surface area contributed by atoms with Crippen molar-refractivity contribution < 1.29 is 14.7 Å². The summed E-state index contributed by atoms with van der Waals surface area (Å²) in [5.41, 5.74) is 6.21. The van der Waals surface area contributed by atoms with Crippen LogP contribution in [0, 0.1) is 5.41 Å². The topological polar surface area (TPSA) is 92.4 Å². The van der Waals surface area contributed by atoms with Crippen LogP contribution in [0.5, 0.6) is 0 Å². The van der Waals surface area contributed by atoms with E-state index in [0.717, 1.165) is 5.56 Å². The molecule has 21 heavy (non-hydrogen) atoms. The highest BCUT2D eigenvalue weighted by atomic mass is 16.4. The van der Waals surface area contributed by atoms with Crippen molar-refractivity contribution in [3.05, 3.63) is 35.9 Å². The highest BCUT2D eigenvalue weighted by Crippen LogP contribution is 2.23. The van der Waals surface area contributed by atoms with E-state index in [-0.39, 0.29) is 24.3 Å². The average Bonchev–Trinajstić information content (AvgIpc) is 2.38. The maximum Gasteiger partial charge on any atom is 0.305 e. The van der Waals surface area contributed by atoms with Gasteiger partial charge in [-0.15, -0.1) is 0 Å². The van der Waals surface area contributed by atoms with Gasteiger partial charge in [0.2, 0.25) is 5.91 Å². The number of carbonyl (C=O) groups is 2. The second kappa shape index (κ2) is 7.22. The number of carbonyl (C=O) groups excluding carboxylic acids is 1. The number of rotatable bonds is 6. The first-order valence-electron chi connectivity index (χ1n) is 7.03. The first kappa shape index (κ1) is 17.2. The van der Waals surface area contributed by atoms with E-state index in [9.17, 15) is 9.59 Å². The number of hydrogen-bond donors (Lipinski definition) is 3. The van der Waals surface area contributed by atoms with Gasteiger partial charge in [0.25, 0.3) is 0 Å². The number of carboxylic acid groups (broad SMARTS) is 1. The molecule has 0 fully saturated rings. The van der Waals surface area contributed by atoms with Crippen LogP contribution in [0.15, 0.2) is 30.3 Å². The highest BCUT2D eigenvalue weighted by molar-refractivity contribution is 5.84. The van der Waals surface area contributed by atoms with E-state index in [1.807, 2.05) is 51.1 Å². The zero-order chi connectivity index (χ0) is 16.0. The zero-order valence-corrected chi connectivity index (χ0v) is 12.8. The molecule has 5 nitrogen and oxygen atoms in total. The lowest BCUT2D eigenvalue weighted by molar-refractivity contribution is -0.138. The van der Waals surface area contributed by atoms with Crippen molar-refractivity contribution in [1.29, 1.82) is 0 Å². The molecule has 1 aromatic carbocycles. The third-order valence-electron chi connectivity index (χ3n) is 3.49. The van der Waals surface area contributed by atoms with E-state index < -0.39 is 17.9 Å². The Morgan fingerprint density at radius 1 is 1.24 bits per heavy atom. The molecule has 1 amide bonds. The van der Waals surface area contributed by atoms with Gasteiger partial charge in [-0.2, -0.15) is 0 Å². The smallest absolute Gasteiger partial charge is 0.305 e. The summed E-state index contributed by atoms with van der Waals surface area (Å²) in [6, 6.07) is 8.83. The van der Waals surface area contributed by atoms with E-state index in [4.69, 9.17) is 10.8 Å². The van der Waals surface area contributed by atoms with Gasteiger partial charge in [0.1, 0.15) is 0 Å². The molecule has 0 saturated heterocycles. The normalized spacial score (nSPS) is 14.3. The van der Waals surface area contributed by atoms with E-state index in [2.05, 4.69) is 5.32 Å². The number of benzene rings is 1. The number of amides is 1. The molecule has 2 atom stereocenters. The highest BCUT2D eigenvalue weighted by Gasteiger charge is 2.30. The standard InChI is InChI=1S/C16H24N2O3/c1-16(2,3)13(9-14(19)20)18-15(21)12(10-17)11-7-5-4-6-8-11/h4-8,12-13H,9-10,17H2,1-3H3,(H,18,21)(H,19,20). The fourth-order valence-corrected chi connectivity index (χ4v) is 2.10. The molecule has 1 rings (SSSR count). The molecule has 5 heteroatoms. The summed E-state index contributed by atoms with van der Waals surface area (Å²) in [6.45, 7) is 5.89. The Bertz CT molecular complexity index is 480. The first-order chi connectivity index (χ1) is 9.75. The number of nitrogens with two attached hydrogens (primary N) is 1. The van der Waals surface area contributed by atoms with Crippen LogP contribution in [0.3, 0.4) is 0 Å². The number of hydrogen-bond acceptors (Lipinski definition) is 3. The molecule has 0 heterocycles. The Morgan fingerprint density at radius 3 is 2.24 bits per heavy atom. The monoisotopic (exact) mass is 292 g/mol. The lowest BCUT2D eigenvalue weighted by atomic mass is 9.84. The van der Waals surface area contributed by atoms with Crippen LogP contribution in [-0.4, -0.2) is 29.6 Å². The molecule has 1 aromatic rings. The summed E-state index contributed by atoms with van der Waals surface area (Å²) >= 11 is 0. The molecule has 4 N–H and O–H groups in total. The largest absolute Gasteiger partial charge is 0.481 e. The van der Waals surface area contributed by atoms with Crippen LogP contribution in [0.25, 0.3) is 0 Å². The minimum absolute atomic E-state index is 0.110. The summed E-state index contributed by atoms with van der Waals surface area (Å²) in [5.74, 6) is -1.63. The molecule has 0 aromatic heterocycles. The van der Waals surface area contributed by atoms with Crippen molar-refractivity contribution in [1.82, 2.24) is 5.32 Å².